The molecule has 2 aromatic rings. The Labute approximate surface area is 198 Å². The first kappa shape index (κ1) is 21.5. The number of hydrogen-bond donors (Lipinski definition) is 2. The number of piperidine rings is 1. The van der Waals surface area contributed by atoms with Gasteiger partial charge in [0, 0.05) is 41.5 Å². The summed E-state index contributed by atoms with van der Waals surface area (Å²) in [6.45, 7) is 8.97. The van der Waals surface area contributed by atoms with E-state index in [4.69, 9.17) is 9.97 Å². The zero-order valence-electron chi connectivity index (χ0n) is 20.4. The minimum Gasteiger partial charge on any atom is -0.325 e. The first-order valence-electron chi connectivity index (χ1n) is 13.3. The van der Waals surface area contributed by atoms with Crippen LogP contribution in [0, 0.1) is 5.92 Å². The molecule has 2 aliphatic heterocycles. The average Bonchev–Trinajstić information content (AvgIpc) is 3.57. The fraction of sp³-hybridized carbons (Fsp3) is 0.643. The highest BCUT2D eigenvalue weighted by atomic mass is 15.2. The SMILES string of the molecule is CC(C)C1CCc2ncnc(N3CC4(CCNCC4)c4c(CNC5CCCC5)cccc43)c21. The monoisotopic (exact) mass is 445 g/mol. The van der Waals surface area contributed by atoms with Crippen molar-refractivity contribution in [1.82, 2.24) is 20.6 Å². The summed E-state index contributed by atoms with van der Waals surface area (Å²) in [4.78, 5) is 12.3. The van der Waals surface area contributed by atoms with Crippen LogP contribution in [0.5, 0.6) is 0 Å². The molecule has 5 heteroatoms. The second-order valence-electron chi connectivity index (χ2n) is 11.2. The first-order chi connectivity index (χ1) is 16.2. The number of anilines is 2. The Bertz CT molecular complexity index is 1000. The first-order valence-corrected chi connectivity index (χ1v) is 13.3. The predicted molar refractivity (Wildman–Crippen MR) is 134 cm³/mol. The van der Waals surface area contributed by atoms with Crippen molar-refractivity contribution in [3.63, 3.8) is 0 Å². The number of rotatable bonds is 5. The van der Waals surface area contributed by atoms with Crippen molar-refractivity contribution in [2.24, 2.45) is 5.92 Å². The molecular formula is C28H39N5. The van der Waals surface area contributed by atoms with Gasteiger partial charge in [0.15, 0.2) is 0 Å². The van der Waals surface area contributed by atoms with E-state index in [1.807, 2.05) is 6.33 Å². The van der Waals surface area contributed by atoms with Crippen molar-refractivity contribution in [2.45, 2.75) is 89.1 Å². The molecule has 3 heterocycles. The maximum atomic E-state index is 4.96. The molecule has 1 saturated heterocycles. The second kappa shape index (κ2) is 8.66. The van der Waals surface area contributed by atoms with Gasteiger partial charge in [0.2, 0.25) is 0 Å². The van der Waals surface area contributed by atoms with E-state index in [-0.39, 0.29) is 5.41 Å². The van der Waals surface area contributed by atoms with Crippen LogP contribution in [0.15, 0.2) is 24.5 Å². The molecule has 4 aliphatic rings. The van der Waals surface area contributed by atoms with Gasteiger partial charge in [-0.2, -0.15) is 0 Å². The lowest BCUT2D eigenvalue weighted by Crippen LogP contribution is -2.43. The van der Waals surface area contributed by atoms with Crippen molar-refractivity contribution in [1.29, 1.82) is 0 Å². The number of nitrogens with zero attached hydrogens (tertiary/aromatic N) is 3. The highest BCUT2D eigenvalue weighted by Crippen LogP contribution is 2.52. The van der Waals surface area contributed by atoms with Crippen LogP contribution in [0.2, 0.25) is 0 Å². The molecule has 1 aromatic heterocycles. The molecular weight excluding hydrogens is 406 g/mol. The summed E-state index contributed by atoms with van der Waals surface area (Å²) in [5.41, 5.74) is 7.44. The zero-order chi connectivity index (χ0) is 22.4. The third-order valence-electron chi connectivity index (χ3n) is 8.98. The van der Waals surface area contributed by atoms with Crippen molar-refractivity contribution < 1.29 is 0 Å². The van der Waals surface area contributed by atoms with E-state index in [9.17, 15) is 0 Å². The lowest BCUT2D eigenvalue weighted by Gasteiger charge is -2.36. The van der Waals surface area contributed by atoms with E-state index in [1.165, 1.54) is 73.3 Å². The summed E-state index contributed by atoms with van der Waals surface area (Å²) in [6, 6.07) is 7.71. The molecule has 1 aromatic carbocycles. The average molecular weight is 446 g/mol. The zero-order valence-corrected chi connectivity index (χ0v) is 20.4. The Morgan fingerprint density at radius 3 is 2.73 bits per heavy atom. The molecule has 1 saturated carbocycles. The van der Waals surface area contributed by atoms with Crippen LogP contribution >= 0.6 is 0 Å². The summed E-state index contributed by atoms with van der Waals surface area (Å²) < 4.78 is 0. The third-order valence-corrected chi connectivity index (χ3v) is 8.98. The van der Waals surface area contributed by atoms with Gasteiger partial charge in [0.1, 0.15) is 12.1 Å². The third kappa shape index (κ3) is 3.68. The van der Waals surface area contributed by atoms with Crippen molar-refractivity contribution in [2.75, 3.05) is 24.5 Å². The van der Waals surface area contributed by atoms with E-state index >= 15 is 0 Å². The highest BCUT2D eigenvalue weighted by Gasteiger charge is 2.46. The molecule has 176 valence electrons. The van der Waals surface area contributed by atoms with Crippen molar-refractivity contribution in [3.05, 3.63) is 46.9 Å². The smallest absolute Gasteiger partial charge is 0.140 e. The van der Waals surface area contributed by atoms with Gasteiger partial charge in [-0.25, -0.2) is 9.97 Å². The number of hydrogen-bond acceptors (Lipinski definition) is 5. The van der Waals surface area contributed by atoms with Crippen molar-refractivity contribution in [3.8, 4) is 0 Å². The number of fused-ring (bicyclic) bond motifs is 3. The number of nitrogens with one attached hydrogen (secondary N) is 2. The Balaban J connectivity index is 1.42. The Morgan fingerprint density at radius 1 is 1.12 bits per heavy atom. The molecule has 2 aliphatic carbocycles. The van der Waals surface area contributed by atoms with Crippen LogP contribution in [-0.2, 0) is 18.4 Å². The van der Waals surface area contributed by atoms with Gasteiger partial charge >= 0.3 is 0 Å². The summed E-state index contributed by atoms with van der Waals surface area (Å²) in [6.07, 6.45) is 12.0. The molecule has 33 heavy (non-hydrogen) atoms. The van der Waals surface area contributed by atoms with Gasteiger partial charge in [0.25, 0.3) is 0 Å². The fourth-order valence-electron chi connectivity index (χ4n) is 7.24. The van der Waals surface area contributed by atoms with E-state index in [1.54, 1.807) is 5.56 Å². The van der Waals surface area contributed by atoms with Gasteiger partial charge in [-0.3, -0.25) is 0 Å². The minimum atomic E-state index is 0.221. The van der Waals surface area contributed by atoms with Gasteiger partial charge < -0.3 is 15.5 Å². The van der Waals surface area contributed by atoms with Crippen LogP contribution in [0.3, 0.4) is 0 Å². The minimum absolute atomic E-state index is 0.221. The Kier molecular flexibility index (Phi) is 5.66. The van der Waals surface area contributed by atoms with Crippen LogP contribution < -0.4 is 15.5 Å². The van der Waals surface area contributed by atoms with E-state index in [0.717, 1.165) is 32.6 Å². The van der Waals surface area contributed by atoms with E-state index in [2.05, 4.69) is 47.6 Å². The van der Waals surface area contributed by atoms with Gasteiger partial charge in [0.05, 0.1) is 0 Å². The van der Waals surface area contributed by atoms with E-state index < -0.39 is 0 Å². The molecule has 2 fully saturated rings. The quantitative estimate of drug-likeness (QED) is 0.681. The maximum Gasteiger partial charge on any atom is 0.140 e. The van der Waals surface area contributed by atoms with Crippen LogP contribution in [0.1, 0.15) is 87.1 Å². The molecule has 2 N–H and O–H groups in total. The normalized spacial score (nSPS) is 24.1. The van der Waals surface area contributed by atoms with Crippen molar-refractivity contribution >= 4 is 11.5 Å². The Morgan fingerprint density at radius 2 is 1.94 bits per heavy atom. The number of aromatic nitrogens is 2. The Hall–Kier alpha value is -1.98. The molecule has 0 bridgehead atoms. The second-order valence-corrected chi connectivity index (χ2v) is 11.2. The van der Waals surface area contributed by atoms with Crippen LogP contribution in [-0.4, -0.2) is 35.6 Å². The molecule has 5 nitrogen and oxygen atoms in total. The number of aryl methyl sites for hydroxylation is 1. The lowest BCUT2D eigenvalue weighted by atomic mass is 9.73. The molecule has 0 amide bonds. The largest absolute Gasteiger partial charge is 0.325 e. The maximum absolute atomic E-state index is 4.96. The van der Waals surface area contributed by atoms with Gasteiger partial charge in [-0.05, 0) is 80.6 Å². The standard InChI is InChI=1S/C28H39N5/c1-19(2)22-10-11-23-25(22)27(32-18-31-23)33-17-28(12-14-29-15-13-28)26-20(6-5-9-24(26)33)16-30-21-7-3-4-8-21/h5-6,9,18-19,21-22,29-30H,3-4,7-8,10-17H2,1-2H3. The van der Waals surface area contributed by atoms with E-state index in [0.29, 0.717) is 17.9 Å². The molecule has 1 unspecified atom stereocenters. The fourth-order valence-corrected chi connectivity index (χ4v) is 7.24. The lowest BCUT2D eigenvalue weighted by molar-refractivity contribution is 0.326. The van der Waals surface area contributed by atoms with Gasteiger partial charge in [-0.1, -0.05) is 38.8 Å². The number of benzene rings is 1. The predicted octanol–water partition coefficient (Wildman–Crippen LogP) is 4.97. The summed E-state index contributed by atoms with van der Waals surface area (Å²) >= 11 is 0. The molecule has 6 rings (SSSR count). The summed E-state index contributed by atoms with van der Waals surface area (Å²) in [5, 5.41) is 7.53. The molecule has 1 atom stereocenters. The molecule has 1 spiro atoms. The summed E-state index contributed by atoms with van der Waals surface area (Å²) in [7, 11) is 0. The topological polar surface area (TPSA) is 53.1 Å². The highest BCUT2D eigenvalue weighted by molar-refractivity contribution is 5.75. The molecule has 0 radical (unpaired) electrons. The van der Waals surface area contributed by atoms with Crippen LogP contribution in [0.25, 0.3) is 0 Å². The van der Waals surface area contributed by atoms with Gasteiger partial charge in [-0.15, -0.1) is 0 Å². The van der Waals surface area contributed by atoms with Crippen LogP contribution in [0.4, 0.5) is 11.5 Å². The summed E-state index contributed by atoms with van der Waals surface area (Å²) in [5.74, 6) is 2.37.